The molecule has 0 fully saturated rings. The number of halogens is 1. The fourth-order valence-electron chi connectivity index (χ4n) is 2.96. The van der Waals surface area contributed by atoms with E-state index >= 15 is 0 Å². The Morgan fingerprint density at radius 1 is 1.17 bits per heavy atom. The highest BCUT2D eigenvalue weighted by molar-refractivity contribution is 5.93. The van der Waals surface area contributed by atoms with Gasteiger partial charge < -0.3 is 19.5 Å². The van der Waals surface area contributed by atoms with Crippen molar-refractivity contribution in [2.24, 2.45) is 0 Å². The third-order valence-corrected chi connectivity index (χ3v) is 4.53. The molecule has 0 saturated heterocycles. The number of ether oxygens (including phenoxy) is 1. The topological polar surface area (TPSA) is 67.6 Å². The summed E-state index contributed by atoms with van der Waals surface area (Å²) in [5, 5.41) is 6.74. The molecule has 3 aromatic rings. The van der Waals surface area contributed by atoms with E-state index in [4.69, 9.17) is 9.26 Å². The maximum absolute atomic E-state index is 13.2. The van der Waals surface area contributed by atoms with E-state index in [1.807, 2.05) is 50.2 Å². The molecular weight excluding hydrogens is 373 g/mol. The Hall–Kier alpha value is -3.19. The average molecular weight is 397 g/mol. The lowest BCUT2D eigenvalue weighted by Gasteiger charge is -2.25. The molecule has 0 unspecified atom stereocenters. The number of carbonyl (C=O) groups is 1. The molecule has 29 heavy (non-hydrogen) atoms. The molecule has 0 aliphatic carbocycles. The fourth-order valence-corrected chi connectivity index (χ4v) is 2.96. The first kappa shape index (κ1) is 20.5. The number of nitrogens with zero attached hydrogens (tertiary/aromatic N) is 2. The molecule has 0 saturated carbocycles. The quantitative estimate of drug-likeness (QED) is 0.624. The first-order valence-corrected chi connectivity index (χ1v) is 9.38. The monoisotopic (exact) mass is 397 g/mol. The largest absolute Gasteiger partial charge is 0.494 e. The molecule has 7 heteroatoms. The lowest BCUT2D eigenvalue weighted by Crippen LogP contribution is -2.34. The molecule has 6 nitrogen and oxygen atoms in total. The zero-order chi connectivity index (χ0) is 20.8. The van der Waals surface area contributed by atoms with Crippen LogP contribution in [0.15, 0.2) is 59.1 Å². The summed E-state index contributed by atoms with van der Waals surface area (Å²) in [5.74, 6) is 0.643. The van der Waals surface area contributed by atoms with E-state index in [2.05, 4.69) is 10.5 Å². The van der Waals surface area contributed by atoms with E-state index in [0.29, 0.717) is 18.9 Å². The second kappa shape index (κ2) is 9.34. The average Bonchev–Trinajstić information content (AvgIpc) is 3.20. The summed E-state index contributed by atoms with van der Waals surface area (Å²) >= 11 is 0. The van der Waals surface area contributed by atoms with Gasteiger partial charge in [0.05, 0.1) is 12.6 Å². The van der Waals surface area contributed by atoms with Crippen LogP contribution in [0.1, 0.15) is 29.0 Å². The fraction of sp³-hybridized carbons (Fsp3) is 0.273. The minimum absolute atomic E-state index is 0.1000. The van der Waals surface area contributed by atoms with Gasteiger partial charge in [0.2, 0.25) is 0 Å². The van der Waals surface area contributed by atoms with Crippen LogP contribution in [0.25, 0.3) is 11.3 Å². The number of benzene rings is 2. The van der Waals surface area contributed by atoms with E-state index in [0.717, 1.165) is 16.9 Å². The first-order valence-electron chi connectivity index (χ1n) is 9.38. The summed E-state index contributed by atoms with van der Waals surface area (Å²) in [6.45, 7) is 2.87. The van der Waals surface area contributed by atoms with Crippen LogP contribution in [-0.2, 0) is 0 Å². The second-order valence-corrected chi connectivity index (χ2v) is 6.77. The molecule has 1 amide bonds. The van der Waals surface area contributed by atoms with Crippen LogP contribution in [0.5, 0.6) is 5.75 Å². The molecule has 2 aromatic carbocycles. The Morgan fingerprint density at radius 3 is 2.48 bits per heavy atom. The minimum atomic E-state index is -0.333. The van der Waals surface area contributed by atoms with Gasteiger partial charge in [-0.1, -0.05) is 17.3 Å². The summed E-state index contributed by atoms with van der Waals surface area (Å²) in [7, 11) is 3.81. The van der Waals surface area contributed by atoms with E-state index < -0.39 is 0 Å². The number of hydrogen-bond acceptors (Lipinski definition) is 5. The third kappa shape index (κ3) is 5.20. The highest BCUT2D eigenvalue weighted by atomic mass is 19.1. The van der Waals surface area contributed by atoms with Crippen LogP contribution in [0.4, 0.5) is 4.39 Å². The molecule has 0 bridgehead atoms. The molecule has 1 N–H and O–H groups in total. The van der Waals surface area contributed by atoms with E-state index in [1.54, 1.807) is 18.2 Å². The molecule has 0 spiro atoms. The Bertz CT molecular complexity index is 937. The zero-order valence-electron chi connectivity index (χ0n) is 16.7. The molecule has 152 valence electrons. The van der Waals surface area contributed by atoms with Crippen LogP contribution in [0.2, 0.25) is 0 Å². The molecule has 0 aliphatic rings. The second-order valence-electron chi connectivity index (χ2n) is 6.77. The number of aromatic nitrogens is 1. The van der Waals surface area contributed by atoms with Crippen LogP contribution in [0.3, 0.4) is 0 Å². The van der Waals surface area contributed by atoms with Gasteiger partial charge in [0.15, 0.2) is 11.5 Å². The zero-order valence-corrected chi connectivity index (χ0v) is 16.7. The predicted octanol–water partition coefficient (Wildman–Crippen LogP) is 3.91. The number of likely N-dealkylation sites (N-methyl/N-ethyl adjacent to an activating group) is 1. The molecule has 3 rings (SSSR count). The Balaban J connectivity index is 1.65. The van der Waals surface area contributed by atoms with Gasteiger partial charge in [0.25, 0.3) is 5.91 Å². The van der Waals surface area contributed by atoms with Crippen molar-refractivity contribution in [1.29, 1.82) is 0 Å². The molecule has 1 aromatic heterocycles. The number of rotatable bonds is 8. The van der Waals surface area contributed by atoms with Gasteiger partial charge in [-0.2, -0.15) is 0 Å². The summed E-state index contributed by atoms with van der Waals surface area (Å²) in [4.78, 5) is 14.5. The van der Waals surface area contributed by atoms with Gasteiger partial charge in [-0.05, 0) is 63.0 Å². The Morgan fingerprint density at radius 2 is 1.86 bits per heavy atom. The summed E-state index contributed by atoms with van der Waals surface area (Å²) in [5.41, 5.74) is 1.91. The van der Waals surface area contributed by atoms with Gasteiger partial charge in [-0.3, -0.25) is 4.79 Å². The number of hydrogen-bond donors (Lipinski definition) is 1. The molecule has 0 radical (unpaired) electrons. The van der Waals surface area contributed by atoms with Crippen molar-refractivity contribution in [2.45, 2.75) is 13.0 Å². The molecule has 1 heterocycles. The van der Waals surface area contributed by atoms with Crippen molar-refractivity contribution in [3.8, 4) is 17.1 Å². The van der Waals surface area contributed by atoms with Crippen LogP contribution in [-0.4, -0.2) is 43.2 Å². The number of nitrogens with one attached hydrogen (secondary N) is 1. The van der Waals surface area contributed by atoms with Crippen LogP contribution >= 0.6 is 0 Å². The van der Waals surface area contributed by atoms with Crippen LogP contribution < -0.4 is 10.1 Å². The van der Waals surface area contributed by atoms with Gasteiger partial charge in [0.1, 0.15) is 11.6 Å². The Labute approximate surface area is 169 Å². The Kier molecular flexibility index (Phi) is 6.61. The number of carbonyl (C=O) groups excluding carboxylic acids is 1. The third-order valence-electron chi connectivity index (χ3n) is 4.53. The van der Waals surface area contributed by atoms with Gasteiger partial charge in [0, 0.05) is 18.2 Å². The summed E-state index contributed by atoms with van der Waals surface area (Å²) in [6, 6.07) is 15.1. The predicted molar refractivity (Wildman–Crippen MR) is 108 cm³/mol. The van der Waals surface area contributed by atoms with Crippen molar-refractivity contribution in [3.05, 3.63) is 71.7 Å². The maximum atomic E-state index is 13.2. The minimum Gasteiger partial charge on any atom is -0.494 e. The lowest BCUT2D eigenvalue weighted by atomic mass is 10.1. The van der Waals surface area contributed by atoms with E-state index in [9.17, 15) is 9.18 Å². The van der Waals surface area contributed by atoms with Crippen molar-refractivity contribution >= 4 is 5.91 Å². The van der Waals surface area contributed by atoms with Gasteiger partial charge >= 0.3 is 0 Å². The lowest BCUT2D eigenvalue weighted by molar-refractivity contribution is 0.0933. The molecule has 1 atom stereocenters. The van der Waals surface area contributed by atoms with E-state index in [1.165, 1.54) is 12.1 Å². The van der Waals surface area contributed by atoms with Crippen molar-refractivity contribution in [1.82, 2.24) is 15.4 Å². The highest BCUT2D eigenvalue weighted by Gasteiger charge is 2.18. The summed E-state index contributed by atoms with van der Waals surface area (Å²) < 4.78 is 23.9. The maximum Gasteiger partial charge on any atom is 0.273 e. The SMILES string of the molecule is CCOc1ccc(-c2cc(C(=O)NC[C@H](c3ccc(F)cc3)N(C)C)no2)cc1. The van der Waals surface area contributed by atoms with Gasteiger partial charge in [-0.25, -0.2) is 4.39 Å². The standard InChI is InChI=1S/C22H24FN3O3/c1-4-28-18-11-7-16(8-12-18)21-13-19(25-29-21)22(27)24-14-20(26(2)3)15-5-9-17(23)10-6-15/h5-13,20H,4,14H2,1-3H3,(H,24,27)/t20-/m1/s1. The van der Waals surface area contributed by atoms with Crippen LogP contribution in [0, 0.1) is 5.82 Å². The van der Waals surface area contributed by atoms with Crippen molar-refractivity contribution in [2.75, 3.05) is 27.2 Å². The van der Waals surface area contributed by atoms with Crippen molar-refractivity contribution < 1.29 is 18.4 Å². The molecular formula is C22H24FN3O3. The van der Waals surface area contributed by atoms with Gasteiger partial charge in [-0.15, -0.1) is 0 Å². The normalized spacial score (nSPS) is 12.0. The first-order chi connectivity index (χ1) is 14.0. The smallest absolute Gasteiger partial charge is 0.273 e. The highest BCUT2D eigenvalue weighted by Crippen LogP contribution is 2.23. The van der Waals surface area contributed by atoms with Crippen molar-refractivity contribution in [3.63, 3.8) is 0 Å². The summed E-state index contributed by atoms with van der Waals surface area (Å²) in [6.07, 6.45) is 0. The molecule has 0 aliphatic heterocycles. The number of amides is 1. The van der Waals surface area contributed by atoms with E-state index in [-0.39, 0.29) is 23.5 Å².